The third kappa shape index (κ3) is 9.40. The van der Waals surface area contributed by atoms with Gasteiger partial charge in [-0.25, -0.2) is 12.2 Å². The molecule has 0 heterocycles. The van der Waals surface area contributed by atoms with Gasteiger partial charge < -0.3 is 0 Å². The second kappa shape index (κ2) is 20.4. The van der Waals surface area contributed by atoms with Crippen LogP contribution in [0.4, 0.5) is 0 Å². The van der Waals surface area contributed by atoms with Crippen molar-refractivity contribution in [1.82, 2.24) is 0 Å². The predicted molar refractivity (Wildman–Crippen MR) is 227 cm³/mol. The van der Waals surface area contributed by atoms with Crippen molar-refractivity contribution in [3.8, 4) is 11.1 Å². The van der Waals surface area contributed by atoms with Gasteiger partial charge in [-0.15, -0.1) is 155 Å². The van der Waals surface area contributed by atoms with Crippen LogP contribution in [0, 0.1) is 24.3 Å². The van der Waals surface area contributed by atoms with Crippen LogP contribution in [0.2, 0.25) is 10.0 Å². The summed E-state index contributed by atoms with van der Waals surface area (Å²) in [5, 5.41) is 11.2. The Bertz CT molecular complexity index is 2370. The molecule has 0 unspecified atom stereocenters. The van der Waals surface area contributed by atoms with Gasteiger partial charge in [0.1, 0.15) is 0 Å². The Morgan fingerprint density at radius 2 is 1.08 bits per heavy atom. The molecule has 0 nitrogen and oxygen atoms in total. The zero-order chi connectivity index (χ0) is 34.7. The smallest absolute Gasteiger partial charge is 0.0240 e. The molecule has 0 aromatic heterocycles. The number of fused-ring (bicyclic) bond motifs is 10. The van der Waals surface area contributed by atoms with Gasteiger partial charge in [-0.1, -0.05) is 100 Å². The average molecular weight is 832 g/mol. The van der Waals surface area contributed by atoms with E-state index in [4.69, 9.17) is 23.2 Å². The van der Waals surface area contributed by atoms with Gasteiger partial charge in [-0.05, 0) is 28.5 Å². The maximum atomic E-state index is 5.94. The molecule has 8 aromatic rings. The number of hydrogen-bond acceptors (Lipinski definition) is 0. The summed E-state index contributed by atoms with van der Waals surface area (Å²) in [7, 11) is 0. The first-order valence-electron chi connectivity index (χ1n) is 16.3. The standard InChI is InChI=1S/C21H13.2C10H6Cl.C5H5.CH2.2ClH.Zr/c1-2-8-15-14(7-1)13-20-18-11-4-3-9-16(18)17-10-5-6-12-19(17)21(15)20;2*11-10-7-3-5-8-4-1-2-6-9(8)10;1-2-4-5-3-1;;;;/h1-10,12H,13H2;2*1-3,5-7H;1-3H,4H2;1H2;2*1H;/q4*-1;;;;. The molecule has 5 heteroatoms. The number of rotatable bonds is 0. The Morgan fingerprint density at radius 1 is 0.538 bits per heavy atom. The van der Waals surface area contributed by atoms with Crippen LogP contribution in [-0.2, 0) is 30.7 Å². The molecule has 0 spiro atoms. The van der Waals surface area contributed by atoms with Crippen molar-refractivity contribution in [2.24, 2.45) is 0 Å². The minimum Gasteiger partial charge on any atom is -0.147 e. The Hall–Kier alpha value is -3.81. The first-order valence-corrected chi connectivity index (χ1v) is 18.8. The summed E-state index contributed by atoms with van der Waals surface area (Å²) in [5.74, 6) is 0. The van der Waals surface area contributed by atoms with E-state index in [1.807, 2.05) is 91.0 Å². The van der Waals surface area contributed by atoms with Crippen molar-refractivity contribution < 1.29 is 24.2 Å². The molecule has 0 fully saturated rings. The minimum atomic E-state index is 0. The summed E-state index contributed by atoms with van der Waals surface area (Å²) in [6.45, 7) is 0. The summed E-state index contributed by atoms with van der Waals surface area (Å²) < 4.78 is 3.34. The van der Waals surface area contributed by atoms with E-state index in [0.29, 0.717) is 0 Å². The molecule has 52 heavy (non-hydrogen) atoms. The molecule has 0 saturated heterocycles. The number of halogens is 4. The molecule has 0 radical (unpaired) electrons. The van der Waals surface area contributed by atoms with Crippen molar-refractivity contribution in [1.29, 1.82) is 0 Å². The van der Waals surface area contributed by atoms with E-state index in [2.05, 4.69) is 95.2 Å². The quantitative estimate of drug-likeness (QED) is 0.105. The zero-order valence-electron chi connectivity index (χ0n) is 28.2. The summed E-state index contributed by atoms with van der Waals surface area (Å²) in [5.41, 5.74) is 5.67. The van der Waals surface area contributed by atoms with Crippen molar-refractivity contribution in [3.63, 3.8) is 0 Å². The van der Waals surface area contributed by atoms with E-state index in [9.17, 15) is 0 Å². The molecular formula is C47H34Cl4Zr-4. The molecule has 2 aliphatic rings. The van der Waals surface area contributed by atoms with Gasteiger partial charge in [0.15, 0.2) is 0 Å². The maximum Gasteiger partial charge on any atom is -0.0240 e. The first-order chi connectivity index (χ1) is 24.7. The Morgan fingerprint density at radius 3 is 1.63 bits per heavy atom. The molecule has 0 N–H and O–H groups in total. The van der Waals surface area contributed by atoms with Crippen LogP contribution in [0.3, 0.4) is 0 Å². The molecule has 0 atom stereocenters. The van der Waals surface area contributed by atoms with Gasteiger partial charge in [0.05, 0.1) is 0 Å². The molecule has 258 valence electrons. The fourth-order valence-electron chi connectivity index (χ4n) is 6.30. The van der Waals surface area contributed by atoms with Crippen LogP contribution < -0.4 is 0 Å². The SMILES string of the molecule is Cl.Cl.Clc1cccc2[c-]cccc12.Clc1cccc2[c-]cccc12.[C-]1=CC=CC1.[CH2]=[Zr].[c-]1cccc2c1c1c(c3ccccc32)-c2ccccc2C1. The van der Waals surface area contributed by atoms with Crippen molar-refractivity contribution in [2.75, 3.05) is 0 Å². The van der Waals surface area contributed by atoms with E-state index in [1.54, 1.807) is 0 Å². The normalized spacial score (nSPS) is 11.2. The van der Waals surface area contributed by atoms with E-state index >= 15 is 0 Å². The van der Waals surface area contributed by atoms with Crippen LogP contribution >= 0.6 is 48.0 Å². The molecule has 2 aliphatic carbocycles. The van der Waals surface area contributed by atoms with E-state index in [0.717, 1.165) is 44.4 Å². The number of allylic oxidation sites excluding steroid dienone is 4. The monoisotopic (exact) mass is 828 g/mol. The van der Waals surface area contributed by atoms with E-state index in [1.165, 1.54) is 68.0 Å². The predicted octanol–water partition coefficient (Wildman–Crippen LogP) is 14.1. The molecule has 0 amide bonds. The topological polar surface area (TPSA) is 0 Å². The minimum absolute atomic E-state index is 0. The first kappa shape index (κ1) is 41.0. The summed E-state index contributed by atoms with van der Waals surface area (Å²) in [6, 6.07) is 56.8. The second-order valence-electron chi connectivity index (χ2n) is 11.4. The van der Waals surface area contributed by atoms with Gasteiger partial charge >= 0.3 is 28.4 Å². The molecule has 0 saturated carbocycles. The third-order valence-electron chi connectivity index (χ3n) is 8.49. The Balaban J connectivity index is 0.000000167. The molecule has 0 bridgehead atoms. The zero-order valence-corrected chi connectivity index (χ0v) is 33.8. The van der Waals surface area contributed by atoms with E-state index in [-0.39, 0.29) is 24.8 Å². The van der Waals surface area contributed by atoms with Crippen molar-refractivity contribution in [2.45, 2.75) is 12.8 Å². The van der Waals surface area contributed by atoms with Gasteiger partial charge in [-0.2, -0.15) is 6.08 Å². The average Bonchev–Trinajstić information content (AvgIpc) is 3.90. The third-order valence-corrected chi connectivity index (χ3v) is 9.15. The molecule has 0 aliphatic heterocycles. The second-order valence-corrected chi connectivity index (χ2v) is 12.3. The van der Waals surface area contributed by atoms with Crippen molar-refractivity contribution in [3.05, 3.63) is 203 Å². The van der Waals surface area contributed by atoms with Crippen LogP contribution in [0.1, 0.15) is 17.5 Å². The maximum absolute atomic E-state index is 5.94. The number of hydrogen-bond donors (Lipinski definition) is 0. The fraction of sp³-hybridized carbons (Fsp3) is 0.0426. The fourth-order valence-corrected chi connectivity index (χ4v) is 6.77. The van der Waals surface area contributed by atoms with Crippen LogP contribution in [0.5, 0.6) is 0 Å². The molecular weight excluding hydrogens is 798 g/mol. The van der Waals surface area contributed by atoms with Gasteiger partial charge in [0, 0.05) is 10.0 Å². The van der Waals surface area contributed by atoms with Gasteiger partial charge in [-0.3, -0.25) is 6.08 Å². The summed E-state index contributed by atoms with van der Waals surface area (Å²) in [6.07, 6.45) is 11.0. The Kier molecular flexibility index (Phi) is 16.1. The van der Waals surface area contributed by atoms with Gasteiger partial charge in [0.2, 0.25) is 0 Å². The molecule has 8 aromatic carbocycles. The van der Waals surface area contributed by atoms with Crippen LogP contribution in [0.25, 0.3) is 54.2 Å². The van der Waals surface area contributed by atoms with Crippen molar-refractivity contribution >= 4 is 95.3 Å². The van der Waals surface area contributed by atoms with Crippen LogP contribution in [-0.4, -0.2) is 4.21 Å². The largest absolute Gasteiger partial charge is 0.147 e. The summed E-state index contributed by atoms with van der Waals surface area (Å²) >= 11 is 13.2. The number of benzene rings is 8. The Labute approximate surface area is 343 Å². The van der Waals surface area contributed by atoms with E-state index < -0.39 is 0 Å². The van der Waals surface area contributed by atoms with Gasteiger partial charge in [0.25, 0.3) is 0 Å². The molecule has 10 rings (SSSR count). The van der Waals surface area contributed by atoms with Crippen LogP contribution in [0.15, 0.2) is 158 Å². The summed E-state index contributed by atoms with van der Waals surface area (Å²) in [4.78, 5) is 0.